The van der Waals surface area contributed by atoms with Crippen molar-refractivity contribution in [3.05, 3.63) is 120 Å². The number of nitrogens with one attached hydrogen (secondary N) is 1. The number of hydrogen-bond donors (Lipinski definition) is 1. The second kappa shape index (κ2) is 15.9. The average molecular weight is 644 g/mol. The molecule has 0 heterocycles. The minimum Gasteiger partial charge on any atom is -0.497 e. The van der Waals surface area contributed by atoms with Gasteiger partial charge in [-0.05, 0) is 60.9 Å². The molecule has 4 rings (SSSR count). The highest BCUT2D eigenvalue weighted by Gasteiger charge is 2.35. The van der Waals surface area contributed by atoms with Gasteiger partial charge in [0, 0.05) is 19.0 Å². The van der Waals surface area contributed by atoms with Crippen molar-refractivity contribution in [2.45, 2.75) is 50.2 Å². The molecule has 4 aromatic carbocycles. The van der Waals surface area contributed by atoms with Crippen LogP contribution < -0.4 is 19.1 Å². The van der Waals surface area contributed by atoms with Gasteiger partial charge >= 0.3 is 0 Å². The molecule has 0 unspecified atom stereocenters. The van der Waals surface area contributed by atoms with Crippen molar-refractivity contribution >= 4 is 27.5 Å². The van der Waals surface area contributed by atoms with Crippen LogP contribution in [0.2, 0.25) is 0 Å². The largest absolute Gasteiger partial charge is 0.497 e. The molecule has 0 aliphatic heterocycles. The summed E-state index contributed by atoms with van der Waals surface area (Å²) >= 11 is 0. The van der Waals surface area contributed by atoms with E-state index < -0.39 is 28.5 Å². The van der Waals surface area contributed by atoms with E-state index in [0.717, 1.165) is 15.4 Å². The molecule has 0 saturated heterocycles. The van der Waals surface area contributed by atoms with E-state index in [0.29, 0.717) is 12.2 Å². The zero-order valence-electron chi connectivity index (χ0n) is 26.6. The molecule has 0 bridgehead atoms. The summed E-state index contributed by atoms with van der Waals surface area (Å²) in [5.41, 5.74) is 1.78. The lowest BCUT2D eigenvalue weighted by Crippen LogP contribution is -2.54. The van der Waals surface area contributed by atoms with Gasteiger partial charge in [-0.25, -0.2) is 8.42 Å². The minimum absolute atomic E-state index is 0.0170. The molecule has 10 heteroatoms. The Morgan fingerprint density at radius 3 is 2.09 bits per heavy atom. The first kappa shape index (κ1) is 34.1. The summed E-state index contributed by atoms with van der Waals surface area (Å²) in [4.78, 5) is 30.1. The average Bonchev–Trinajstić information content (AvgIpc) is 3.09. The SMILES string of the molecule is CC[C@H](C)NC(=O)[C@H](Cc1ccccc1)N(Cc1cccc(OC)c1)C(=O)CN(c1ccccc1OC)S(=O)(=O)c1ccccc1. The van der Waals surface area contributed by atoms with E-state index in [1.165, 1.54) is 24.1 Å². The number of carbonyl (C=O) groups is 2. The van der Waals surface area contributed by atoms with Crippen LogP contribution in [0.5, 0.6) is 11.5 Å². The van der Waals surface area contributed by atoms with Crippen LogP contribution in [0.25, 0.3) is 0 Å². The number of benzene rings is 4. The van der Waals surface area contributed by atoms with Crippen LogP contribution in [0.1, 0.15) is 31.4 Å². The molecule has 0 aromatic heterocycles. The number of carbonyl (C=O) groups excluding carboxylic acids is 2. The molecule has 0 radical (unpaired) electrons. The van der Waals surface area contributed by atoms with Gasteiger partial charge in [0.25, 0.3) is 10.0 Å². The van der Waals surface area contributed by atoms with Crippen molar-refractivity contribution in [1.29, 1.82) is 0 Å². The first-order valence-corrected chi connectivity index (χ1v) is 16.6. The number of ether oxygens (including phenoxy) is 2. The normalized spacial score (nSPS) is 12.4. The van der Waals surface area contributed by atoms with Crippen LogP contribution in [0.15, 0.2) is 114 Å². The standard InChI is InChI=1S/C36H41N3O6S/c1-5-27(2)37-36(41)33(24-28-15-8-6-9-16-28)38(25-29-17-14-18-30(23-29)44-3)35(40)26-39(32-21-12-13-22-34(32)45-4)46(42,43)31-19-10-7-11-20-31/h6-23,27,33H,5,24-26H2,1-4H3,(H,37,41)/t27-,33-/m0/s1. The fraction of sp³-hybridized carbons (Fsp3) is 0.278. The Bertz CT molecular complexity index is 1700. The third kappa shape index (κ3) is 8.45. The quantitative estimate of drug-likeness (QED) is 0.185. The Kier molecular flexibility index (Phi) is 11.8. The van der Waals surface area contributed by atoms with Crippen LogP contribution in [-0.4, -0.2) is 58.0 Å². The van der Waals surface area contributed by atoms with Crippen molar-refractivity contribution in [3.8, 4) is 11.5 Å². The Hall–Kier alpha value is -4.83. The van der Waals surface area contributed by atoms with Crippen molar-refractivity contribution in [2.75, 3.05) is 25.1 Å². The van der Waals surface area contributed by atoms with Crippen LogP contribution in [0.4, 0.5) is 5.69 Å². The molecular weight excluding hydrogens is 602 g/mol. The van der Waals surface area contributed by atoms with E-state index in [1.807, 2.05) is 56.3 Å². The fourth-order valence-electron chi connectivity index (χ4n) is 5.03. The molecule has 46 heavy (non-hydrogen) atoms. The number of para-hydroxylation sites is 2. The van der Waals surface area contributed by atoms with Crippen molar-refractivity contribution < 1.29 is 27.5 Å². The molecule has 0 aliphatic carbocycles. The molecule has 2 amide bonds. The van der Waals surface area contributed by atoms with Gasteiger partial charge in [0.1, 0.15) is 24.1 Å². The molecule has 0 spiro atoms. The molecule has 2 atom stereocenters. The van der Waals surface area contributed by atoms with Crippen LogP contribution in [-0.2, 0) is 32.6 Å². The highest BCUT2D eigenvalue weighted by atomic mass is 32.2. The maximum Gasteiger partial charge on any atom is 0.264 e. The Labute approximate surface area is 271 Å². The minimum atomic E-state index is -4.24. The highest BCUT2D eigenvalue weighted by molar-refractivity contribution is 7.92. The van der Waals surface area contributed by atoms with Gasteiger partial charge in [-0.3, -0.25) is 13.9 Å². The Morgan fingerprint density at radius 2 is 1.43 bits per heavy atom. The molecule has 0 aliphatic rings. The summed E-state index contributed by atoms with van der Waals surface area (Å²) in [5.74, 6) is -0.0157. The van der Waals surface area contributed by atoms with Crippen LogP contribution >= 0.6 is 0 Å². The number of methoxy groups -OCH3 is 2. The van der Waals surface area contributed by atoms with Gasteiger partial charge in [0.15, 0.2) is 0 Å². The van der Waals surface area contributed by atoms with Gasteiger partial charge in [0.05, 0.1) is 24.8 Å². The number of hydrogen-bond acceptors (Lipinski definition) is 6. The van der Waals surface area contributed by atoms with E-state index >= 15 is 0 Å². The maximum absolute atomic E-state index is 14.6. The number of nitrogens with zero attached hydrogens (tertiary/aromatic N) is 2. The first-order valence-electron chi connectivity index (χ1n) is 15.1. The lowest BCUT2D eigenvalue weighted by Gasteiger charge is -2.34. The number of anilines is 1. The van der Waals surface area contributed by atoms with E-state index in [4.69, 9.17) is 9.47 Å². The van der Waals surface area contributed by atoms with E-state index in [9.17, 15) is 18.0 Å². The fourth-order valence-corrected chi connectivity index (χ4v) is 6.48. The number of rotatable bonds is 15. The summed E-state index contributed by atoms with van der Waals surface area (Å²) in [6.45, 7) is 3.33. The molecule has 4 aromatic rings. The lowest BCUT2D eigenvalue weighted by atomic mass is 10.0. The summed E-state index contributed by atoms with van der Waals surface area (Å²) in [6, 6.07) is 30.2. The van der Waals surface area contributed by atoms with Gasteiger partial charge < -0.3 is 19.7 Å². The molecule has 0 saturated carbocycles. The molecule has 9 nitrogen and oxygen atoms in total. The van der Waals surface area contributed by atoms with E-state index in [2.05, 4.69) is 5.32 Å². The summed E-state index contributed by atoms with van der Waals surface area (Å²) in [5, 5.41) is 3.04. The molecule has 0 fully saturated rings. The zero-order chi connectivity index (χ0) is 33.1. The third-order valence-corrected chi connectivity index (χ3v) is 9.50. The third-order valence-electron chi connectivity index (χ3n) is 7.72. The maximum atomic E-state index is 14.6. The van der Waals surface area contributed by atoms with Crippen LogP contribution in [0.3, 0.4) is 0 Å². The molecule has 1 N–H and O–H groups in total. The van der Waals surface area contributed by atoms with Gasteiger partial charge in [-0.15, -0.1) is 0 Å². The second-order valence-electron chi connectivity index (χ2n) is 10.9. The lowest BCUT2D eigenvalue weighted by molar-refractivity contribution is -0.140. The topological polar surface area (TPSA) is 105 Å². The smallest absolute Gasteiger partial charge is 0.264 e. The van der Waals surface area contributed by atoms with Crippen LogP contribution in [0, 0.1) is 0 Å². The van der Waals surface area contributed by atoms with Crippen molar-refractivity contribution in [3.63, 3.8) is 0 Å². The van der Waals surface area contributed by atoms with E-state index in [-0.39, 0.29) is 41.2 Å². The summed E-state index contributed by atoms with van der Waals surface area (Å²) in [6.07, 6.45) is 0.920. The molecule has 242 valence electrons. The summed E-state index contributed by atoms with van der Waals surface area (Å²) < 4.78 is 40.4. The monoisotopic (exact) mass is 643 g/mol. The highest BCUT2D eigenvalue weighted by Crippen LogP contribution is 2.32. The molecular formula is C36H41N3O6S. The Morgan fingerprint density at radius 1 is 0.804 bits per heavy atom. The van der Waals surface area contributed by atoms with Crippen molar-refractivity contribution in [1.82, 2.24) is 10.2 Å². The predicted molar refractivity (Wildman–Crippen MR) is 179 cm³/mol. The zero-order valence-corrected chi connectivity index (χ0v) is 27.4. The Balaban J connectivity index is 1.84. The second-order valence-corrected chi connectivity index (χ2v) is 12.8. The number of amides is 2. The van der Waals surface area contributed by atoms with Gasteiger partial charge in [-0.2, -0.15) is 0 Å². The van der Waals surface area contributed by atoms with E-state index in [1.54, 1.807) is 61.7 Å². The number of sulfonamides is 1. The summed E-state index contributed by atoms with van der Waals surface area (Å²) in [7, 11) is -1.24. The van der Waals surface area contributed by atoms with Gasteiger partial charge in [-0.1, -0.05) is 79.7 Å². The first-order chi connectivity index (χ1) is 22.2. The predicted octanol–water partition coefficient (Wildman–Crippen LogP) is 5.45. The van der Waals surface area contributed by atoms with Crippen molar-refractivity contribution in [2.24, 2.45) is 0 Å². The van der Waals surface area contributed by atoms with Gasteiger partial charge in [0.2, 0.25) is 11.8 Å².